The molecule has 4 aromatic rings. The Morgan fingerprint density at radius 1 is 0.913 bits per heavy atom. The predicted octanol–water partition coefficient (Wildman–Crippen LogP) is 0.545. The van der Waals surface area contributed by atoms with Gasteiger partial charge in [-0.25, -0.2) is 23.1 Å². The maximum absolute atomic E-state index is 15.9. The second-order valence-corrected chi connectivity index (χ2v) is 14.8. The summed E-state index contributed by atoms with van der Waals surface area (Å²) in [5.74, 6) is -2.01. The average molecular weight is 706 g/mol. The van der Waals surface area contributed by atoms with Crippen molar-refractivity contribution in [1.29, 1.82) is 0 Å². The van der Waals surface area contributed by atoms with Crippen LogP contribution in [0.4, 0.5) is 13.2 Å². The minimum atomic E-state index is -4.70. The van der Waals surface area contributed by atoms with Crippen LogP contribution in [0.1, 0.15) is 12.5 Å². The van der Waals surface area contributed by atoms with Gasteiger partial charge >= 0.3 is 6.72 Å². The summed E-state index contributed by atoms with van der Waals surface area (Å²) < 4.78 is 93.4. The fourth-order valence-corrected chi connectivity index (χ4v) is 8.06. The van der Waals surface area contributed by atoms with Crippen molar-refractivity contribution in [1.82, 2.24) is 29.1 Å². The molecule has 3 aliphatic rings. The van der Waals surface area contributed by atoms with Crippen LogP contribution in [-0.4, -0.2) is 96.5 Å². The standard InChI is InChI=1S/C22H20BF3N6O11P2S/c23-44(36)38-3-10-16(14(33)22(41-10)32-2-8(25)12-18(32)28-6-30-20(12)35)43-45(37,46)39-4-9-15(42-44)13(26)21(40-9)31-1-7(24)11-17(31)27-5-29-19(11)34/h1-2,5-6,9-10,13-16,21-22,33H,3-4H2,(H,37,46)(H,27,29,34)(H,28,30,35)/t9-,10-,13?,14?,15?,16?,21-,22-,44?,45?/m1/s1. The van der Waals surface area contributed by atoms with Gasteiger partial charge in [0.1, 0.15) is 41.3 Å². The first-order chi connectivity index (χ1) is 21.7. The van der Waals surface area contributed by atoms with Crippen LogP contribution in [0.25, 0.3) is 22.1 Å². The van der Waals surface area contributed by atoms with Crippen molar-refractivity contribution in [2.45, 2.75) is 49.1 Å². The largest absolute Gasteiger partial charge is 0.386 e. The van der Waals surface area contributed by atoms with Crippen molar-refractivity contribution in [3.63, 3.8) is 0 Å². The molecular formula is C22H20BF3N6O11P2S. The molecule has 6 unspecified atom stereocenters. The lowest BCUT2D eigenvalue weighted by Crippen LogP contribution is -2.38. The van der Waals surface area contributed by atoms with Gasteiger partial charge < -0.3 is 47.6 Å². The predicted molar refractivity (Wildman–Crippen MR) is 151 cm³/mol. The molecule has 0 aromatic carbocycles. The highest BCUT2D eigenvalue weighted by Crippen LogP contribution is 2.54. The molecule has 46 heavy (non-hydrogen) atoms. The molecule has 7 rings (SSSR count). The van der Waals surface area contributed by atoms with E-state index in [1.807, 2.05) is 0 Å². The highest BCUT2D eigenvalue weighted by molar-refractivity contribution is 8.07. The fourth-order valence-electron chi connectivity index (χ4n) is 5.61. The minimum absolute atomic E-state index is 0.209. The number of fused-ring (bicyclic) bond motifs is 4. The molecule has 24 heteroatoms. The number of H-pyrrole nitrogens is 2. The summed E-state index contributed by atoms with van der Waals surface area (Å²) in [4.78, 5) is 47.4. The highest BCUT2D eigenvalue weighted by atomic mass is 32.5. The van der Waals surface area contributed by atoms with E-state index in [0.29, 0.717) is 0 Å². The minimum Gasteiger partial charge on any atom is -0.386 e. The quantitative estimate of drug-likeness (QED) is 0.166. The van der Waals surface area contributed by atoms with E-state index in [1.54, 1.807) is 0 Å². The van der Waals surface area contributed by atoms with Crippen molar-refractivity contribution < 1.29 is 55.3 Å². The zero-order valence-electron chi connectivity index (χ0n) is 22.7. The number of nitrogens with zero attached hydrogens (tertiary/aromatic N) is 4. The van der Waals surface area contributed by atoms with Crippen LogP contribution >= 0.6 is 14.2 Å². The van der Waals surface area contributed by atoms with Gasteiger partial charge in [-0.1, -0.05) is 0 Å². The summed E-state index contributed by atoms with van der Waals surface area (Å²) in [7, 11) is 1.08. The molecule has 17 nitrogen and oxygen atoms in total. The first-order valence-corrected chi connectivity index (χ1v) is 17.4. The van der Waals surface area contributed by atoms with Gasteiger partial charge in [-0.3, -0.25) is 23.2 Å². The number of aromatic nitrogens is 6. The Balaban J connectivity index is 1.18. The molecule has 3 aliphatic heterocycles. The van der Waals surface area contributed by atoms with Crippen LogP contribution < -0.4 is 11.1 Å². The number of nitrogens with one attached hydrogen (secondary N) is 2. The summed E-state index contributed by atoms with van der Waals surface area (Å²) in [6.45, 7) is -5.88. The smallest absolute Gasteiger partial charge is 0.325 e. The molecule has 10 atom stereocenters. The van der Waals surface area contributed by atoms with Crippen LogP contribution in [0.3, 0.4) is 0 Å². The monoisotopic (exact) mass is 706 g/mol. The van der Waals surface area contributed by atoms with Gasteiger partial charge in [-0.2, -0.15) is 0 Å². The van der Waals surface area contributed by atoms with Crippen molar-refractivity contribution in [3.05, 3.63) is 57.4 Å². The number of hydrogen-bond donors (Lipinski definition) is 4. The summed E-state index contributed by atoms with van der Waals surface area (Å²) in [6.07, 6.45) is -9.97. The number of aliphatic hydroxyl groups excluding tert-OH is 1. The Hall–Kier alpha value is -2.75. The molecular weight excluding hydrogens is 686 g/mol. The summed E-state index contributed by atoms with van der Waals surface area (Å²) in [6, 6.07) is 0. The van der Waals surface area contributed by atoms with Gasteiger partial charge in [0.2, 0.25) is 7.57 Å². The number of halogens is 3. The van der Waals surface area contributed by atoms with Gasteiger partial charge in [-0.15, -0.1) is 0 Å². The van der Waals surface area contributed by atoms with E-state index in [-0.39, 0.29) is 11.3 Å². The van der Waals surface area contributed by atoms with E-state index in [9.17, 15) is 32.9 Å². The van der Waals surface area contributed by atoms with Crippen molar-refractivity contribution in [2.24, 2.45) is 0 Å². The van der Waals surface area contributed by atoms with Gasteiger partial charge in [0.15, 0.2) is 41.6 Å². The molecule has 0 aliphatic carbocycles. The van der Waals surface area contributed by atoms with E-state index >= 15 is 4.39 Å². The number of rotatable bonds is 2. The SMILES string of the molecule is [B]P1(=O)OC[C@H]2O[C@@H](n3cc(F)c4c(=O)[nH]cnc43)C(O)C2OP(O)(=S)OC[C@H]2O[C@@H](n3cc(F)c4c(=O)[nH]cnc43)C(F)C2O1. The molecule has 4 N–H and O–H groups in total. The van der Waals surface area contributed by atoms with E-state index in [2.05, 4.69) is 19.9 Å². The van der Waals surface area contributed by atoms with E-state index in [0.717, 1.165) is 34.2 Å². The number of hydrogen-bond acceptors (Lipinski definition) is 13. The molecule has 3 fully saturated rings. The Kier molecular flexibility index (Phi) is 7.92. The Labute approximate surface area is 259 Å². The lowest BCUT2D eigenvalue weighted by molar-refractivity contribution is -0.0571. The van der Waals surface area contributed by atoms with Crippen molar-refractivity contribution >= 4 is 55.6 Å². The highest BCUT2D eigenvalue weighted by Gasteiger charge is 2.53. The van der Waals surface area contributed by atoms with Crippen LogP contribution in [0, 0.1) is 11.6 Å². The van der Waals surface area contributed by atoms with Crippen LogP contribution in [-0.2, 0) is 43.9 Å². The molecule has 244 valence electrons. The van der Waals surface area contributed by atoms with Gasteiger partial charge in [0.05, 0.1) is 25.9 Å². The molecule has 0 amide bonds. The topological polar surface area (TPSA) is 214 Å². The first kappa shape index (κ1) is 31.8. The van der Waals surface area contributed by atoms with Gasteiger partial charge in [0.25, 0.3) is 18.6 Å². The summed E-state index contributed by atoms with van der Waals surface area (Å²) >= 11 is 5.11. The molecule has 7 heterocycles. The molecule has 2 radical (unpaired) electrons. The maximum Gasteiger partial charge on any atom is 0.325 e. The second kappa shape index (κ2) is 11.4. The van der Waals surface area contributed by atoms with Gasteiger partial charge in [-0.05, 0) is 11.8 Å². The first-order valence-electron chi connectivity index (χ1n) is 13.2. The Morgan fingerprint density at radius 3 is 2.04 bits per heavy atom. The molecule has 0 spiro atoms. The summed E-state index contributed by atoms with van der Waals surface area (Å²) in [5, 5.41) is 10.3. The lowest BCUT2D eigenvalue weighted by atomic mass is 10.1. The van der Waals surface area contributed by atoms with Crippen LogP contribution in [0.5, 0.6) is 0 Å². The average Bonchev–Trinajstić information content (AvgIpc) is 3.69. The molecule has 0 saturated carbocycles. The number of ether oxygens (including phenoxy) is 2. The summed E-state index contributed by atoms with van der Waals surface area (Å²) in [5.41, 5.74) is -2.13. The number of alkyl halides is 1. The van der Waals surface area contributed by atoms with Crippen molar-refractivity contribution in [2.75, 3.05) is 13.2 Å². The third kappa shape index (κ3) is 5.40. The lowest BCUT2D eigenvalue weighted by Gasteiger charge is -2.30. The Bertz CT molecular complexity index is 1920. The number of aliphatic hydroxyl groups is 1. The maximum atomic E-state index is 15.9. The zero-order valence-corrected chi connectivity index (χ0v) is 25.3. The van der Waals surface area contributed by atoms with Crippen molar-refractivity contribution in [3.8, 4) is 0 Å². The number of aromatic amines is 2. The van der Waals surface area contributed by atoms with Gasteiger partial charge in [0, 0.05) is 12.4 Å². The van der Waals surface area contributed by atoms with Crippen LogP contribution in [0.2, 0.25) is 0 Å². The molecule has 3 saturated heterocycles. The third-order valence-corrected chi connectivity index (χ3v) is 10.2. The molecule has 0 bridgehead atoms. The fraction of sp³-hybridized carbons (Fsp3) is 0.455. The van der Waals surface area contributed by atoms with E-state index < -0.39 is 110 Å². The third-order valence-electron chi connectivity index (χ3n) is 7.61. The molecule has 4 aromatic heterocycles. The zero-order chi connectivity index (χ0) is 32.7. The van der Waals surface area contributed by atoms with Crippen LogP contribution in [0.15, 0.2) is 34.6 Å². The second-order valence-electron chi connectivity index (χ2n) is 10.4. The van der Waals surface area contributed by atoms with E-state index in [1.165, 1.54) is 0 Å². The normalized spacial score (nSPS) is 37.2. The Morgan fingerprint density at radius 2 is 1.43 bits per heavy atom. The van der Waals surface area contributed by atoms with E-state index in [4.69, 9.17) is 46.9 Å².